The van der Waals surface area contributed by atoms with Crippen molar-refractivity contribution in [2.75, 3.05) is 0 Å². The molecule has 0 fully saturated rings. The third-order valence-corrected chi connectivity index (χ3v) is 3.34. The fraction of sp³-hybridized carbons (Fsp3) is 0.467. The highest BCUT2D eigenvalue weighted by Crippen LogP contribution is 2.30. The largest absolute Gasteiger partial charge is 0.299 e. The predicted molar refractivity (Wildman–Crippen MR) is 69.1 cm³/mol. The summed E-state index contributed by atoms with van der Waals surface area (Å²) in [6.07, 6.45) is 2.52. The van der Waals surface area contributed by atoms with Crippen molar-refractivity contribution in [2.24, 2.45) is 5.41 Å². The van der Waals surface area contributed by atoms with Gasteiger partial charge in [-0.3, -0.25) is 9.59 Å². The minimum Gasteiger partial charge on any atom is -0.299 e. The smallest absolute Gasteiger partial charge is 0.176 e. The van der Waals surface area contributed by atoms with Crippen LogP contribution in [0.2, 0.25) is 0 Å². The summed E-state index contributed by atoms with van der Waals surface area (Å²) in [6, 6.07) is 9.07. The highest BCUT2D eigenvalue weighted by atomic mass is 16.2. The molecule has 2 heteroatoms. The van der Waals surface area contributed by atoms with Gasteiger partial charge in [0.2, 0.25) is 0 Å². The lowest BCUT2D eigenvalue weighted by Gasteiger charge is -2.25. The minimum atomic E-state index is -0.864. The quantitative estimate of drug-likeness (QED) is 0.554. The van der Waals surface area contributed by atoms with E-state index in [0.717, 1.165) is 12.8 Å². The Kier molecular flexibility index (Phi) is 4.62. The van der Waals surface area contributed by atoms with Gasteiger partial charge in [0.1, 0.15) is 5.78 Å². The normalized spacial score (nSPS) is 14.1. The van der Waals surface area contributed by atoms with E-state index in [0.29, 0.717) is 12.0 Å². The number of carbonyl (C=O) groups excluding carboxylic acids is 2. The van der Waals surface area contributed by atoms with Crippen molar-refractivity contribution in [3.63, 3.8) is 0 Å². The molecular formula is C15H20O2. The van der Waals surface area contributed by atoms with Gasteiger partial charge in [-0.2, -0.15) is 0 Å². The number of unbranched alkanes of at least 4 members (excludes halogenated alkanes) is 1. The van der Waals surface area contributed by atoms with Gasteiger partial charge in [-0.15, -0.1) is 0 Å². The van der Waals surface area contributed by atoms with E-state index in [1.165, 1.54) is 6.92 Å². The van der Waals surface area contributed by atoms with Gasteiger partial charge in [-0.05, 0) is 20.3 Å². The second-order valence-corrected chi connectivity index (χ2v) is 4.69. The molecule has 0 radical (unpaired) electrons. The van der Waals surface area contributed by atoms with E-state index in [1.807, 2.05) is 18.2 Å². The van der Waals surface area contributed by atoms with Gasteiger partial charge >= 0.3 is 0 Å². The zero-order chi connectivity index (χ0) is 12.9. The first-order valence-corrected chi connectivity index (χ1v) is 6.13. The lowest BCUT2D eigenvalue weighted by atomic mass is 9.75. The van der Waals surface area contributed by atoms with Crippen LogP contribution in [0.5, 0.6) is 0 Å². The number of hydrogen-bond acceptors (Lipinski definition) is 2. The Hall–Kier alpha value is -1.44. The highest BCUT2D eigenvalue weighted by Gasteiger charge is 2.37. The van der Waals surface area contributed by atoms with Crippen LogP contribution < -0.4 is 0 Å². The Morgan fingerprint density at radius 1 is 1.18 bits per heavy atom. The first kappa shape index (κ1) is 13.6. The van der Waals surface area contributed by atoms with Crippen LogP contribution in [0.3, 0.4) is 0 Å². The molecule has 0 aromatic heterocycles. The summed E-state index contributed by atoms with van der Waals surface area (Å²) in [7, 11) is 0. The number of hydrogen-bond donors (Lipinski definition) is 0. The molecule has 0 N–H and O–H groups in total. The minimum absolute atomic E-state index is 0.0418. The molecule has 1 unspecified atom stereocenters. The molecule has 1 aromatic rings. The molecule has 1 aromatic carbocycles. The van der Waals surface area contributed by atoms with E-state index < -0.39 is 5.41 Å². The molecule has 17 heavy (non-hydrogen) atoms. The van der Waals surface area contributed by atoms with Gasteiger partial charge in [0, 0.05) is 5.56 Å². The van der Waals surface area contributed by atoms with Crippen LogP contribution in [0.25, 0.3) is 0 Å². The maximum atomic E-state index is 12.4. The molecule has 0 aliphatic heterocycles. The summed E-state index contributed by atoms with van der Waals surface area (Å²) in [4.78, 5) is 24.2. The molecule has 2 nitrogen and oxygen atoms in total. The highest BCUT2D eigenvalue weighted by molar-refractivity contribution is 6.13. The molecule has 0 heterocycles. The summed E-state index contributed by atoms with van der Waals surface area (Å²) in [5.74, 6) is -0.0983. The Morgan fingerprint density at radius 2 is 1.76 bits per heavy atom. The molecule has 0 aliphatic carbocycles. The standard InChI is InChI=1S/C15H20O2/c1-4-5-11-15(3,12(2)16)14(17)13-9-7-6-8-10-13/h6-10H,4-5,11H2,1-3H3. The van der Waals surface area contributed by atoms with Crippen LogP contribution in [-0.4, -0.2) is 11.6 Å². The summed E-state index contributed by atoms with van der Waals surface area (Å²) < 4.78 is 0. The van der Waals surface area contributed by atoms with Crippen molar-refractivity contribution in [1.29, 1.82) is 0 Å². The average molecular weight is 232 g/mol. The van der Waals surface area contributed by atoms with Gasteiger partial charge in [0.15, 0.2) is 5.78 Å². The fourth-order valence-electron chi connectivity index (χ4n) is 1.89. The molecular weight excluding hydrogens is 212 g/mol. The first-order chi connectivity index (χ1) is 8.02. The molecule has 0 amide bonds. The van der Waals surface area contributed by atoms with Crippen molar-refractivity contribution >= 4 is 11.6 Å². The van der Waals surface area contributed by atoms with Gasteiger partial charge in [-0.1, -0.05) is 50.1 Å². The van der Waals surface area contributed by atoms with E-state index in [-0.39, 0.29) is 11.6 Å². The average Bonchev–Trinajstić information content (AvgIpc) is 2.35. The molecule has 0 bridgehead atoms. The van der Waals surface area contributed by atoms with Gasteiger partial charge in [-0.25, -0.2) is 0 Å². The molecule has 1 rings (SSSR count). The fourth-order valence-corrected chi connectivity index (χ4v) is 1.89. The van der Waals surface area contributed by atoms with Crippen molar-refractivity contribution in [3.05, 3.63) is 35.9 Å². The van der Waals surface area contributed by atoms with Crippen LogP contribution in [-0.2, 0) is 4.79 Å². The second-order valence-electron chi connectivity index (χ2n) is 4.69. The van der Waals surface area contributed by atoms with E-state index in [9.17, 15) is 9.59 Å². The zero-order valence-corrected chi connectivity index (χ0v) is 10.8. The summed E-state index contributed by atoms with van der Waals surface area (Å²) in [6.45, 7) is 5.34. The van der Waals surface area contributed by atoms with E-state index in [1.54, 1.807) is 19.1 Å². The van der Waals surface area contributed by atoms with Gasteiger partial charge < -0.3 is 0 Å². The number of Topliss-reactive ketones (excluding diaryl/α,β-unsaturated/α-hetero) is 2. The van der Waals surface area contributed by atoms with E-state index >= 15 is 0 Å². The van der Waals surface area contributed by atoms with Crippen molar-refractivity contribution < 1.29 is 9.59 Å². The predicted octanol–water partition coefficient (Wildman–Crippen LogP) is 3.65. The van der Waals surface area contributed by atoms with Crippen molar-refractivity contribution in [2.45, 2.75) is 40.0 Å². The lowest BCUT2D eigenvalue weighted by Crippen LogP contribution is -2.35. The molecule has 0 aliphatic rings. The van der Waals surface area contributed by atoms with Crippen LogP contribution >= 0.6 is 0 Å². The SMILES string of the molecule is CCCCC(C)(C(C)=O)C(=O)c1ccccc1. The van der Waals surface area contributed by atoms with Crippen LogP contribution in [0.1, 0.15) is 50.4 Å². The van der Waals surface area contributed by atoms with Crippen LogP contribution in [0.15, 0.2) is 30.3 Å². The molecule has 1 atom stereocenters. The first-order valence-electron chi connectivity index (χ1n) is 6.13. The Morgan fingerprint density at radius 3 is 2.24 bits per heavy atom. The topological polar surface area (TPSA) is 34.1 Å². The van der Waals surface area contributed by atoms with Gasteiger partial charge in [0.25, 0.3) is 0 Å². The molecule has 92 valence electrons. The molecule has 0 spiro atoms. The third-order valence-electron chi connectivity index (χ3n) is 3.34. The molecule has 0 saturated carbocycles. The van der Waals surface area contributed by atoms with E-state index in [4.69, 9.17) is 0 Å². The zero-order valence-electron chi connectivity index (χ0n) is 10.8. The number of carbonyl (C=O) groups is 2. The van der Waals surface area contributed by atoms with Crippen molar-refractivity contribution in [1.82, 2.24) is 0 Å². The summed E-state index contributed by atoms with van der Waals surface area (Å²) in [5, 5.41) is 0. The van der Waals surface area contributed by atoms with Crippen molar-refractivity contribution in [3.8, 4) is 0 Å². The lowest BCUT2D eigenvalue weighted by molar-refractivity contribution is -0.123. The Labute approximate surface area is 103 Å². The molecule has 0 saturated heterocycles. The number of benzene rings is 1. The number of ketones is 2. The van der Waals surface area contributed by atoms with Gasteiger partial charge in [0.05, 0.1) is 5.41 Å². The summed E-state index contributed by atoms with van der Waals surface area (Å²) in [5.41, 5.74) is -0.238. The van der Waals surface area contributed by atoms with E-state index in [2.05, 4.69) is 6.92 Å². The van der Waals surface area contributed by atoms with Crippen LogP contribution in [0, 0.1) is 5.41 Å². The Balaban J connectivity index is 2.99. The monoisotopic (exact) mass is 232 g/mol. The third kappa shape index (κ3) is 3.02. The van der Waals surface area contributed by atoms with Crippen LogP contribution in [0.4, 0.5) is 0 Å². The number of rotatable bonds is 6. The maximum Gasteiger partial charge on any atom is 0.176 e. The second kappa shape index (κ2) is 5.76. The maximum absolute atomic E-state index is 12.4. The summed E-state index contributed by atoms with van der Waals surface area (Å²) >= 11 is 0. The Bertz CT molecular complexity index is 395.